The van der Waals surface area contributed by atoms with Crippen LogP contribution in [0.2, 0.25) is 0 Å². The monoisotopic (exact) mass is 589 g/mol. The van der Waals surface area contributed by atoms with Crippen molar-refractivity contribution in [2.24, 2.45) is 0 Å². The first-order valence-electron chi connectivity index (χ1n) is 14.8. The number of rotatable bonds is 11. The van der Waals surface area contributed by atoms with Gasteiger partial charge in [-0.1, -0.05) is 36.4 Å². The molecule has 0 aliphatic carbocycles. The number of piperidine rings is 1. The Bertz CT molecular complexity index is 1360. The number of esters is 1. The van der Waals surface area contributed by atoms with E-state index in [1.165, 1.54) is 6.33 Å². The smallest absolute Gasteiger partial charge is 0.408 e. The minimum atomic E-state index is -0.999. The number of nitrogens with zero attached hydrogens (tertiary/aromatic N) is 4. The maximum atomic E-state index is 13.0. The van der Waals surface area contributed by atoms with Gasteiger partial charge in [0.25, 0.3) is 0 Å². The SMILES string of the molecule is CCNc1cccc(C2CCN(c3ncnc(NCC(NC(=O)OCc4ccccc4)C(=O)OC(C)(C)C)c3C)CC2)n1. The zero-order valence-electron chi connectivity index (χ0n) is 25.7. The van der Waals surface area contributed by atoms with E-state index in [1.807, 2.05) is 43.3 Å². The molecular weight excluding hydrogens is 546 g/mol. The predicted molar refractivity (Wildman–Crippen MR) is 167 cm³/mol. The second-order valence-electron chi connectivity index (χ2n) is 11.6. The Morgan fingerprint density at radius 2 is 1.77 bits per heavy atom. The highest BCUT2D eigenvalue weighted by Crippen LogP contribution is 2.31. The number of amides is 1. The van der Waals surface area contributed by atoms with E-state index in [1.54, 1.807) is 20.8 Å². The third-order valence-corrected chi connectivity index (χ3v) is 7.07. The van der Waals surface area contributed by atoms with Crippen molar-refractivity contribution in [1.82, 2.24) is 20.3 Å². The lowest BCUT2D eigenvalue weighted by Crippen LogP contribution is -2.48. The van der Waals surface area contributed by atoms with E-state index in [9.17, 15) is 9.59 Å². The molecule has 11 heteroatoms. The fourth-order valence-corrected chi connectivity index (χ4v) is 4.96. The summed E-state index contributed by atoms with van der Waals surface area (Å²) in [5.74, 6) is 2.15. The second-order valence-corrected chi connectivity index (χ2v) is 11.6. The Labute approximate surface area is 253 Å². The summed E-state index contributed by atoms with van der Waals surface area (Å²) in [6.45, 7) is 12.0. The van der Waals surface area contributed by atoms with Crippen LogP contribution in [0.3, 0.4) is 0 Å². The first-order valence-corrected chi connectivity index (χ1v) is 14.8. The van der Waals surface area contributed by atoms with Crippen molar-refractivity contribution in [2.45, 2.75) is 71.6 Å². The van der Waals surface area contributed by atoms with Crippen LogP contribution >= 0.6 is 0 Å². The number of ether oxygens (including phenoxy) is 2. The van der Waals surface area contributed by atoms with Gasteiger partial charge in [0.15, 0.2) is 0 Å². The van der Waals surface area contributed by atoms with Gasteiger partial charge in [-0.25, -0.2) is 24.5 Å². The standard InChI is InChI=1S/C32H43N7O4/c1-6-33-27-14-10-13-25(37-27)24-15-17-39(18-16-24)29-22(2)28(35-21-36-29)34-19-26(30(40)43-32(3,4)5)38-31(41)42-20-23-11-8-7-9-12-23/h7-14,21,24,26H,6,15-20H2,1-5H3,(H,33,37)(H,38,41)(H,34,35,36). The van der Waals surface area contributed by atoms with Crippen LogP contribution in [0.4, 0.5) is 22.2 Å². The van der Waals surface area contributed by atoms with Crippen molar-refractivity contribution in [2.75, 3.05) is 41.7 Å². The van der Waals surface area contributed by atoms with Gasteiger partial charge in [0.2, 0.25) is 0 Å². The topological polar surface area (TPSA) is 131 Å². The van der Waals surface area contributed by atoms with E-state index in [4.69, 9.17) is 14.5 Å². The van der Waals surface area contributed by atoms with Crippen LogP contribution in [-0.4, -0.2) is 64.8 Å². The van der Waals surface area contributed by atoms with E-state index in [0.29, 0.717) is 11.7 Å². The normalized spacial score (nSPS) is 14.5. The number of aromatic nitrogens is 3. The van der Waals surface area contributed by atoms with Gasteiger partial charge in [-0.2, -0.15) is 0 Å². The van der Waals surface area contributed by atoms with Crippen LogP contribution in [0.25, 0.3) is 0 Å². The number of hydrogen-bond donors (Lipinski definition) is 3. The molecule has 0 spiro atoms. The highest BCUT2D eigenvalue weighted by Gasteiger charge is 2.28. The molecule has 2 aromatic heterocycles. The molecule has 1 aliphatic rings. The summed E-state index contributed by atoms with van der Waals surface area (Å²) >= 11 is 0. The summed E-state index contributed by atoms with van der Waals surface area (Å²) in [5.41, 5.74) is 2.10. The molecule has 1 aromatic carbocycles. The van der Waals surface area contributed by atoms with Crippen molar-refractivity contribution in [3.63, 3.8) is 0 Å². The summed E-state index contributed by atoms with van der Waals surface area (Å²) < 4.78 is 10.9. The maximum Gasteiger partial charge on any atom is 0.408 e. The fourth-order valence-electron chi connectivity index (χ4n) is 4.96. The summed E-state index contributed by atoms with van der Waals surface area (Å²) in [6, 6.07) is 14.5. The van der Waals surface area contributed by atoms with Crippen molar-refractivity contribution in [3.05, 3.63) is 71.7 Å². The molecule has 1 saturated heterocycles. The first kappa shape index (κ1) is 31.5. The minimum absolute atomic E-state index is 0.0581. The van der Waals surface area contributed by atoms with Crippen LogP contribution in [0.5, 0.6) is 0 Å². The molecule has 0 radical (unpaired) electrons. The number of carbonyl (C=O) groups excluding carboxylic acids is 2. The summed E-state index contributed by atoms with van der Waals surface area (Å²) in [6.07, 6.45) is 2.73. The molecule has 0 bridgehead atoms. The van der Waals surface area contributed by atoms with Crippen molar-refractivity contribution >= 4 is 29.5 Å². The molecule has 1 unspecified atom stereocenters. The number of nitrogens with one attached hydrogen (secondary N) is 3. The van der Waals surface area contributed by atoms with Gasteiger partial charge in [-0.15, -0.1) is 0 Å². The lowest BCUT2D eigenvalue weighted by Gasteiger charge is -2.33. The highest BCUT2D eigenvalue weighted by molar-refractivity contribution is 5.82. The molecule has 1 atom stereocenters. The molecule has 3 aromatic rings. The van der Waals surface area contributed by atoms with Gasteiger partial charge in [0.1, 0.15) is 42.0 Å². The Balaban J connectivity index is 1.38. The third kappa shape index (κ3) is 9.29. The number of anilines is 3. The Kier molecular flexibility index (Phi) is 10.7. The van der Waals surface area contributed by atoms with E-state index < -0.39 is 23.7 Å². The summed E-state index contributed by atoms with van der Waals surface area (Å²) in [5, 5.41) is 9.16. The number of hydrogen-bond acceptors (Lipinski definition) is 10. The van der Waals surface area contributed by atoms with Crippen molar-refractivity contribution < 1.29 is 19.1 Å². The molecule has 1 amide bonds. The van der Waals surface area contributed by atoms with Gasteiger partial charge in [0, 0.05) is 43.4 Å². The maximum absolute atomic E-state index is 13.0. The molecule has 3 heterocycles. The van der Waals surface area contributed by atoms with E-state index in [-0.39, 0.29) is 13.2 Å². The highest BCUT2D eigenvalue weighted by atomic mass is 16.6. The lowest BCUT2D eigenvalue weighted by atomic mass is 9.93. The van der Waals surface area contributed by atoms with Crippen molar-refractivity contribution in [3.8, 4) is 0 Å². The quantitative estimate of drug-likeness (QED) is 0.261. The molecule has 43 heavy (non-hydrogen) atoms. The van der Waals surface area contributed by atoms with Crippen LogP contribution in [-0.2, 0) is 20.9 Å². The number of benzene rings is 1. The van der Waals surface area contributed by atoms with Gasteiger partial charge < -0.3 is 30.3 Å². The van der Waals surface area contributed by atoms with Crippen LogP contribution in [0.15, 0.2) is 54.9 Å². The summed E-state index contributed by atoms with van der Waals surface area (Å²) in [7, 11) is 0. The van der Waals surface area contributed by atoms with E-state index >= 15 is 0 Å². The van der Waals surface area contributed by atoms with E-state index in [2.05, 4.69) is 49.9 Å². The van der Waals surface area contributed by atoms with Gasteiger partial charge >= 0.3 is 12.1 Å². The molecule has 230 valence electrons. The molecule has 1 aliphatic heterocycles. The molecule has 3 N–H and O–H groups in total. The Morgan fingerprint density at radius 3 is 2.47 bits per heavy atom. The second kappa shape index (κ2) is 14.7. The Hall–Kier alpha value is -4.41. The Morgan fingerprint density at radius 1 is 1.02 bits per heavy atom. The molecule has 0 saturated carbocycles. The fraction of sp³-hybridized carbons (Fsp3) is 0.469. The van der Waals surface area contributed by atoms with Crippen LogP contribution in [0.1, 0.15) is 63.3 Å². The predicted octanol–water partition coefficient (Wildman–Crippen LogP) is 5.04. The lowest BCUT2D eigenvalue weighted by molar-refractivity contribution is -0.156. The van der Waals surface area contributed by atoms with Crippen LogP contribution in [0, 0.1) is 6.92 Å². The van der Waals surface area contributed by atoms with Crippen molar-refractivity contribution in [1.29, 1.82) is 0 Å². The van der Waals surface area contributed by atoms with Gasteiger partial charge in [0.05, 0.1) is 0 Å². The molecular formula is C32H43N7O4. The number of alkyl carbamates (subject to hydrolysis) is 1. The number of pyridine rings is 1. The molecule has 4 rings (SSSR count). The average molecular weight is 590 g/mol. The molecule has 1 fully saturated rings. The average Bonchev–Trinajstić information content (AvgIpc) is 2.99. The summed E-state index contributed by atoms with van der Waals surface area (Å²) in [4.78, 5) is 41.7. The minimum Gasteiger partial charge on any atom is -0.458 e. The van der Waals surface area contributed by atoms with E-state index in [0.717, 1.165) is 60.9 Å². The zero-order chi connectivity index (χ0) is 30.8. The largest absolute Gasteiger partial charge is 0.458 e. The molecule has 11 nitrogen and oxygen atoms in total. The first-order chi connectivity index (χ1) is 20.6. The van der Waals surface area contributed by atoms with Gasteiger partial charge in [-0.3, -0.25) is 0 Å². The number of carbonyl (C=O) groups is 2. The zero-order valence-corrected chi connectivity index (χ0v) is 25.7. The van der Waals surface area contributed by atoms with Gasteiger partial charge in [-0.05, 0) is 65.2 Å². The van der Waals surface area contributed by atoms with Crippen LogP contribution < -0.4 is 20.9 Å². The third-order valence-electron chi connectivity index (χ3n) is 7.07.